The van der Waals surface area contributed by atoms with Gasteiger partial charge in [0.2, 0.25) is 0 Å². The Morgan fingerprint density at radius 2 is 1.80 bits per heavy atom. The number of hydrogen-bond acceptors (Lipinski definition) is 2. The lowest BCUT2D eigenvalue weighted by Gasteiger charge is -2.29. The Morgan fingerprint density at radius 1 is 1.27 bits per heavy atom. The molecule has 0 N–H and O–H groups in total. The van der Waals surface area contributed by atoms with E-state index in [1.54, 1.807) is 0 Å². The Hall–Kier alpha value is -0.630. The fraction of sp³-hybridized carbons (Fsp3) is 0.538. The van der Waals surface area contributed by atoms with Crippen molar-refractivity contribution in [1.82, 2.24) is 4.90 Å². The van der Waals surface area contributed by atoms with Crippen molar-refractivity contribution in [3.05, 3.63) is 36.6 Å². The molecule has 15 heavy (non-hydrogen) atoms. The molecular formula is C13H23NS. The van der Waals surface area contributed by atoms with Crippen LogP contribution < -0.4 is 0 Å². The minimum Gasteiger partial charge on any atom is -0.370 e. The van der Waals surface area contributed by atoms with Gasteiger partial charge in [-0.15, -0.1) is 0 Å². The number of nitrogens with zero attached hydrogens (tertiary/aromatic N) is 1. The van der Waals surface area contributed by atoms with Crippen LogP contribution >= 0.6 is 11.8 Å². The number of allylic oxidation sites excluding steroid dienone is 3. The molecule has 0 bridgehead atoms. The van der Waals surface area contributed by atoms with Crippen LogP contribution in [0.1, 0.15) is 20.8 Å². The molecule has 0 aromatic rings. The van der Waals surface area contributed by atoms with Crippen molar-refractivity contribution in [1.29, 1.82) is 0 Å². The highest BCUT2D eigenvalue weighted by Crippen LogP contribution is 2.16. The quantitative estimate of drug-likeness (QED) is 0.674. The molecule has 1 fully saturated rings. The third-order valence-electron chi connectivity index (χ3n) is 1.98. The summed E-state index contributed by atoms with van der Waals surface area (Å²) in [6.45, 7) is 16.0. The van der Waals surface area contributed by atoms with Gasteiger partial charge in [-0.3, -0.25) is 0 Å². The minimum absolute atomic E-state index is 1.09. The van der Waals surface area contributed by atoms with Gasteiger partial charge in [0, 0.05) is 30.3 Å². The Kier molecular flexibility index (Phi) is 8.30. The lowest BCUT2D eigenvalue weighted by molar-refractivity contribution is 0.392. The van der Waals surface area contributed by atoms with Crippen LogP contribution in [0, 0.1) is 0 Å². The van der Waals surface area contributed by atoms with E-state index in [0.717, 1.165) is 18.7 Å². The van der Waals surface area contributed by atoms with Crippen LogP contribution in [0.2, 0.25) is 0 Å². The Morgan fingerprint density at radius 3 is 2.20 bits per heavy atom. The van der Waals surface area contributed by atoms with Crippen molar-refractivity contribution in [2.24, 2.45) is 0 Å². The predicted octanol–water partition coefficient (Wildman–Crippen LogP) is 3.71. The van der Waals surface area contributed by atoms with Gasteiger partial charge in [-0.25, -0.2) is 0 Å². The summed E-state index contributed by atoms with van der Waals surface area (Å²) in [6, 6.07) is 0. The van der Waals surface area contributed by atoms with Crippen LogP contribution in [0.25, 0.3) is 0 Å². The Balaban J connectivity index is 0.000000921. The highest BCUT2D eigenvalue weighted by molar-refractivity contribution is 7.99. The molecule has 2 heteroatoms. The molecular weight excluding hydrogens is 202 g/mol. The first-order valence-electron chi connectivity index (χ1n) is 5.56. The Labute approximate surface area is 98.9 Å². The molecule has 1 aliphatic heterocycles. The van der Waals surface area contributed by atoms with Crippen LogP contribution in [0.4, 0.5) is 0 Å². The second kappa shape index (κ2) is 8.66. The average Bonchev–Trinajstić information content (AvgIpc) is 2.29. The maximum Gasteiger partial charge on any atom is 0.0363 e. The van der Waals surface area contributed by atoms with E-state index < -0.39 is 0 Å². The van der Waals surface area contributed by atoms with Gasteiger partial charge in [0.05, 0.1) is 0 Å². The SMILES string of the molecule is C=C/C(=C\C(=C)C)N1CCSCC1.CC. The number of rotatable bonds is 3. The predicted molar refractivity (Wildman–Crippen MR) is 73.3 cm³/mol. The second-order valence-corrected chi connectivity index (χ2v) is 4.44. The molecule has 1 aliphatic rings. The maximum atomic E-state index is 3.88. The highest BCUT2D eigenvalue weighted by Gasteiger charge is 2.10. The molecule has 0 aromatic carbocycles. The molecule has 0 atom stereocenters. The first-order chi connectivity index (χ1) is 7.24. The van der Waals surface area contributed by atoms with E-state index >= 15 is 0 Å². The summed E-state index contributed by atoms with van der Waals surface area (Å²) in [5, 5.41) is 0. The fourth-order valence-corrected chi connectivity index (χ4v) is 2.26. The van der Waals surface area contributed by atoms with E-state index in [1.807, 2.05) is 38.6 Å². The summed E-state index contributed by atoms with van der Waals surface area (Å²) in [5.41, 5.74) is 2.31. The lowest BCUT2D eigenvalue weighted by Crippen LogP contribution is -2.31. The third-order valence-corrected chi connectivity index (χ3v) is 2.92. The normalized spacial score (nSPS) is 16.5. The van der Waals surface area contributed by atoms with Crippen molar-refractivity contribution in [3.8, 4) is 0 Å². The van der Waals surface area contributed by atoms with Crippen molar-refractivity contribution in [3.63, 3.8) is 0 Å². The topological polar surface area (TPSA) is 3.24 Å². The standard InChI is InChI=1S/C11H17NS.C2H6/c1-4-11(9-10(2)3)12-5-7-13-8-6-12;1-2/h4,9H,1-2,5-8H2,3H3;1-2H3/b11-9+;. The number of thioether (sulfide) groups is 1. The molecule has 0 amide bonds. The zero-order valence-electron chi connectivity index (χ0n) is 10.3. The average molecular weight is 225 g/mol. The molecule has 1 saturated heterocycles. The van der Waals surface area contributed by atoms with E-state index in [1.165, 1.54) is 17.2 Å². The van der Waals surface area contributed by atoms with Gasteiger partial charge in [-0.2, -0.15) is 11.8 Å². The molecule has 0 radical (unpaired) electrons. The van der Waals surface area contributed by atoms with Gasteiger partial charge in [0.15, 0.2) is 0 Å². The molecule has 0 saturated carbocycles. The molecule has 0 aliphatic carbocycles. The van der Waals surface area contributed by atoms with Crippen molar-refractivity contribution in [2.75, 3.05) is 24.6 Å². The van der Waals surface area contributed by atoms with Gasteiger partial charge in [-0.1, -0.05) is 32.6 Å². The van der Waals surface area contributed by atoms with Gasteiger partial charge in [0.1, 0.15) is 0 Å². The summed E-state index contributed by atoms with van der Waals surface area (Å²) < 4.78 is 0. The lowest BCUT2D eigenvalue weighted by atomic mass is 10.2. The number of hydrogen-bond donors (Lipinski definition) is 0. The molecule has 1 rings (SSSR count). The van der Waals surface area contributed by atoms with Crippen molar-refractivity contribution >= 4 is 11.8 Å². The van der Waals surface area contributed by atoms with Crippen LogP contribution in [-0.2, 0) is 0 Å². The van der Waals surface area contributed by atoms with Gasteiger partial charge < -0.3 is 4.90 Å². The van der Waals surface area contributed by atoms with E-state index in [4.69, 9.17) is 0 Å². The first-order valence-corrected chi connectivity index (χ1v) is 6.72. The molecule has 0 spiro atoms. The molecule has 1 nitrogen and oxygen atoms in total. The zero-order valence-corrected chi connectivity index (χ0v) is 11.1. The van der Waals surface area contributed by atoms with E-state index in [2.05, 4.69) is 24.1 Å². The summed E-state index contributed by atoms with van der Waals surface area (Å²) >= 11 is 2.02. The van der Waals surface area contributed by atoms with E-state index in [0.29, 0.717) is 0 Å². The highest BCUT2D eigenvalue weighted by atomic mass is 32.2. The largest absolute Gasteiger partial charge is 0.370 e. The molecule has 0 aromatic heterocycles. The third kappa shape index (κ3) is 5.73. The van der Waals surface area contributed by atoms with E-state index in [-0.39, 0.29) is 0 Å². The second-order valence-electron chi connectivity index (χ2n) is 3.22. The smallest absolute Gasteiger partial charge is 0.0363 e. The Bertz CT molecular complexity index is 225. The summed E-state index contributed by atoms with van der Waals surface area (Å²) in [7, 11) is 0. The maximum absolute atomic E-state index is 3.88. The van der Waals surface area contributed by atoms with Gasteiger partial charge in [-0.05, 0) is 19.1 Å². The summed E-state index contributed by atoms with van der Waals surface area (Å²) in [5.74, 6) is 2.45. The van der Waals surface area contributed by atoms with Crippen LogP contribution in [0.15, 0.2) is 36.6 Å². The fourth-order valence-electron chi connectivity index (χ4n) is 1.35. The summed E-state index contributed by atoms with van der Waals surface area (Å²) in [6.07, 6.45) is 4.02. The van der Waals surface area contributed by atoms with Crippen molar-refractivity contribution < 1.29 is 0 Å². The van der Waals surface area contributed by atoms with Crippen LogP contribution in [0.3, 0.4) is 0 Å². The zero-order chi connectivity index (χ0) is 11.7. The van der Waals surface area contributed by atoms with Crippen LogP contribution in [-0.4, -0.2) is 29.5 Å². The van der Waals surface area contributed by atoms with E-state index in [9.17, 15) is 0 Å². The van der Waals surface area contributed by atoms with Gasteiger partial charge in [0.25, 0.3) is 0 Å². The van der Waals surface area contributed by atoms with Crippen LogP contribution in [0.5, 0.6) is 0 Å². The molecule has 86 valence electrons. The van der Waals surface area contributed by atoms with Crippen molar-refractivity contribution in [2.45, 2.75) is 20.8 Å². The molecule has 0 unspecified atom stereocenters. The van der Waals surface area contributed by atoms with Gasteiger partial charge >= 0.3 is 0 Å². The minimum atomic E-state index is 1.09. The monoisotopic (exact) mass is 225 g/mol. The summed E-state index contributed by atoms with van der Waals surface area (Å²) in [4.78, 5) is 2.37. The first kappa shape index (κ1) is 14.4. The molecule has 1 heterocycles.